The molecular weight excluding hydrogens is 496 g/mol. The van der Waals surface area contributed by atoms with Gasteiger partial charge in [0.05, 0.1) is 13.2 Å². The average Bonchev–Trinajstić information content (AvgIpc) is 3.62. The standard InChI is InChI=1S/C28H32N8O3/c1-4-6-11-23-29-26-24(27(37)34(5-2)28(38)35(26)16-17-39-3)36(23)18-19-12-14-20(15-13-19)21-9-7-8-10-22(21)25-30-32-33-31-25/h7-10,12-15H,4-6,11,16-18H2,1-3H3,(H,30,31,32,33). The Hall–Kier alpha value is -4.38. The zero-order chi connectivity index (χ0) is 27.4. The fourth-order valence-corrected chi connectivity index (χ4v) is 4.87. The van der Waals surface area contributed by atoms with Crippen LogP contribution in [0.2, 0.25) is 0 Å². The molecule has 11 nitrogen and oxygen atoms in total. The molecule has 5 aromatic rings. The molecule has 0 saturated heterocycles. The molecule has 202 valence electrons. The minimum Gasteiger partial charge on any atom is -0.383 e. The lowest BCUT2D eigenvalue weighted by Crippen LogP contribution is -2.40. The number of H-pyrrole nitrogens is 1. The topological polar surface area (TPSA) is 126 Å². The van der Waals surface area contributed by atoms with Crippen molar-refractivity contribution in [1.82, 2.24) is 39.3 Å². The van der Waals surface area contributed by atoms with Gasteiger partial charge in [0.2, 0.25) is 5.82 Å². The van der Waals surface area contributed by atoms with Gasteiger partial charge in [-0.15, -0.1) is 10.2 Å². The summed E-state index contributed by atoms with van der Waals surface area (Å²) >= 11 is 0. The molecule has 39 heavy (non-hydrogen) atoms. The fourth-order valence-electron chi connectivity index (χ4n) is 4.87. The molecule has 11 heteroatoms. The Balaban J connectivity index is 1.58. The van der Waals surface area contributed by atoms with Crippen LogP contribution < -0.4 is 11.2 Å². The van der Waals surface area contributed by atoms with E-state index < -0.39 is 0 Å². The van der Waals surface area contributed by atoms with Gasteiger partial charge >= 0.3 is 5.69 Å². The number of rotatable bonds is 11. The SMILES string of the molecule is CCCCc1nc2c(c(=O)n(CC)c(=O)n2CCOC)n1Cc1ccc(-c2ccccc2-c2nn[nH]n2)cc1. The van der Waals surface area contributed by atoms with Gasteiger partial charge in [-0.1, -0.05) is 61.9 Å². The van der Waals surface area contributed by atoms with Crippen molar-refractivity contribution < 1.29 is 4.74 Å². The number of ether oxygens (including phenoxy) is 1. The van der Waals surface area contributed by atoms with Crippen molar-refractivity contribution >= 4 is 11.2 Å². The van der Waals surface area contributed by atoms with Gasteiger partial charge < -0.3 is 9.30 Å². The van der Waals surface area contributed by atoms with Crippen LogP contribution in [0.1, 0.15) is 38.1 Å². The molecule has 0 saturated carbocycles. The summed E-state index contributed by atoms with van der Waals surface area (Å²) in [5.41, 5.74) is 4.11. The molecule has 0 radical (unpaired) electrons. The predicted molar refractivity (Wildman–Crippen MR) is 149 cm³/mol. The first-order chi connectivity index (χ1) is 19.1. The summed E-state index contributed by atoms with van der Waals surface area (Å²) in [6.45, 7) is 5.34. The van der Waals surface area contributed by atoms with Crippen LogP contribution in [0.3, 0.4) is 0 Å². The van der Waals surface area contributed by atoms with Crippen molar-refractivity contribution in [3.05, 3.63) is 80.8 Å². The van der Waals surface area contributed by atoms with Crippen LogP contribution in [-0.2, 0) is 30.8 Å². The minimum absolute atomic E-state index is 0.282. The largest absolute Gasteiger partial charge is 0.383 e. The molecule has 0 aliphatic heterocycles. The van der Waals surface area contributed by atoms with Crippen LogP contribution in [-0.4, -0.2) is 53.0 Å². The van der Waals surface area contributed by atoms with Gasteiger partial charge in [-0.25, -0.2) is 9.78 Å². The Kier molecular flexibility index (Phi) is 7.78. The number of methoxy groups -OCH3 is 1. The number of tetrazole rings is 1. The van der Waals surface area contributed by atoms with Crippen LogP contribution in [0.5, 0.6) is 0 Å². The van der Waals surface area contributed by atoms with Crippen molar-refractivity contribution in [2.45, 2.75) is 52.7 Å². The van der Waals surface area contributed by atoms with Crippen LogP contribution in [0, 0.1) is 0 Å². The summed E-state index contributed by atoms with van der Waals surface area (Å²) in [4.78, 5) is 31.5. The lowest BCUT2D eigenvalue weighted by molar-refractivity contribution is 0.186. The molecule has 0 unspecified atom stereocenters. The summed E-state index contributed by atoms with van der Waals surface area (Å²) < 4.78 is 10.1. The van der Waals surface area contributed by atoms with Gasteiger partial charge in [0.15, 0.2) is 11.2 Å². The van der Waals surface area contributed by atoms with E-state index in [2.05, 4.69) is 51.8 Å². The average molecular weight is 529 g/mol. The van der Waals surface area contributed by atoms with Gasteiger partial charge in [0.1, 0.15) is 5.82 Å². The van der Waals surface area contributed by atoms with E-state index in [1.54, 1.807) is 18.6 Å². The van der Waals surface area contributed by atoms with E-state index in [0.717, 1.165) is 40.9 Å². The zero-order valence-electron chi connectivity index (χ0n) is 22.4. The Morgan fingerprint density at radius 1 is 0.949 bits per heavy atom. The highest BCUT2D eigenvalue weighted by atomic mass is 16.5. The van der Waals surface area contributed by atoms with Crippen molar-refractivity contribution in [3.63, 3.8) is 0 Å². The van der Waals surface area contributed by atoms with Crippen LogP contribution in [0.4, 0.5) is 0 Å². The van der Waals surface area contributed by atoms with Crippen LogP contribution in [0.15, 0.2) is 58.1 Å². The Morgan fingerprint density at radius 2 is 1.72 bits per heavy atom. The molecule has 0 spiro atoms. The Labute approximate surface area is 225 Å². The number of hydrogen-bond donors (Lipinski definition) is 1. The van der Waals surface area contributed by atoms with E-state index in [-0.39, 0.29) is 17.8 Å². The highest BCUT2D eigenvalue weighted by Gasteiger charge is 2.21. The van der Waals surface area contributed by atoms with E-state index in [1.165, 1.54) is 4.57 Å². The second-order valence-corrected chi connectivity index (χ2v) is 9.34. The first-order valence-electron chi connectivity index (χ1n) is 13.2. The molecule has 1 N–H and O–H groups in total. The summed E-state index contributed by atoms with van der Waals surface area (Å²) in [6, 6.07) is 16.1. The van der Waals surface area contributed by atoms with E-state index in [0.29, 0.717) is 43.1 Å². The number of imidazole rings is 1. The first-order valence-corrected chi connectivity index (χ1v) is 13.2. The van der Waals surface area contributed by atoms with Crippen LogP contribution in [0.25, 0.3) is 33.7 Å². The monoisotopic (exact) mass is 528 g/mol. The van der Waals surface area contributed by atoms with Crippen molar-refractivity contribution in [2.24, 2.45) is 0 Å². The number of aryl methyl sites for hydroxylation is 1. The molecule has 5 rings (SSSR count). The van der Waals surface area contributed by atoms with Gasteiger partial charge in [-0.2, -0.15) is 5.21 Å². The number of unbranched alkanes of at least 4 members (excludes halogenated alkanes) is 1. The number of fused-ring (bicyclic) bond motifs is 1. The number of benzene rings is 2. The smallest absolute Gasteiger partial charge is 0.332 e. The molecule has 0 aliphatic rings. The third kappa shape index (κ3) is 5.05. The maximum absolute atomic E-state index is 13.5. The molecular formula is C28H32N8O3. The maximum Gasteiger partial charge on any atom is 0.332 e. The van der Waals surface area contributed by atoms with Gasteiger partial charge in [0.25, 0.3) is 5.56 Å². The van der Waals surface area contributed by atoms with E-state index in [1.807, 2.05) is 28.8 Å². The summed E-state index contributed by atoms with van der Waals surface area (Å²) in [5.74, 6) is 1.33. The minimum atomic E-state index is -0.358. The number of aromatic nitrogens is 8. The second-order valence-electron chi connectivity index (χ2n) is 9.34. The zero-order valence-corrected chi connectivity index (χ0v) is 22.4. The second kappa shape index (κ2) is 11.6. The maximum atomic E-state index is 13.5. The van der Waals surface area contributed by atoms with Crippen molar-refractivity contribution in [1.29, 1.82) is 0 Å². The molecule has 0 amide bonds. The van der Waals surface area contributed by atoms with E-state index in [4.69, 9.17) is 9.72 Å². The third-order valence-electron chi connectivity index (χ3n) is 6.90. The van der Waals surface area contributed by atoms with Gasteiger partial charge in [-0.3, -0.25) is 13.9 Å². The summed E-state index contributed by atoms with van der Waals surface area (Å²) in [6.07, 6.45) is 2.64. The third-order valence-corrected chi connectivity index (χ3v) is 6.90. The van der Waals surface area contributed by atoms with Gasteiger partial charge in [0, 0.05) is 32.2 Å². The van der Waals surface area contributed by atoms with Crippen LogP contribution >= 0.6 is 0 Å². The number of nitrogens with zero attached hydrogens (tertiary/aromatic N) is 7. The highest BCUT2D eigenvalue weighted by molar-refractivity contribution is 5.80. The number of hydrogen-bond acceptors (Lipinski definition) is 7. The summed E-state index contributed by atoms with van der Waals surface area (Å²) in [5, 5.41) is 14.5. The molecule has 2 aromatic carbocycles. The normalized spacial score (nSPS) is 11.5. The lowest BCUT2D eigenvalue weighted by atomic mass is 9.98. The molecule has 0 bridgehead atoms. The Bertz CT molecular complexity index is 1680. The molecule has 0 aliphatic carbocycles. The molecule has 3 aromatic heterocycles. The molecule has 0 fully saturated rings. The first kappa shape index (κ1) is 26.2. The van der Waals surface area contributed by atoms with Crippen molar-refractivity contribution in [3.8, 4) is 22.5 Å². The molecule has 0 atom stereocenters. The van der Waals surface area contributed by atoms with E-state index >= 15 is 0 Å². The Morgan fingerprint density at radius 3 is 2.38 bits per heavy atom. The van der Waals surface area contributed by atoms with Gasteiger partial charge in [-0.05, 0) is 35.2 Å². The summed E-state index contributed by atoms with van der Waals surface area (Å²) in [7, 11) is 1.59. The lowest BCUT2D eigenvalue weighted by Gasteiger charge is -2.13. The highest BCUT2D eigenvalue weighted by Crippen LogP contribution is 2.30. The quantitative estimate of drug-likeness (QED) is 0.279. The number of nitrogens with one attached hydrogen (secondary N) is 1. The van der Waals surface area contributed by atoms with E-state index in [9.17, 15) is 9.59 Å². The fraction of sp³-hybridized carbons (Fsp3) is 0.357. The predicted octanol–water partition coefficient (Wildman–Crippen LogP) is 3.26. The van der Waals surface area contributed by atoms with Crippen molar-refractivity contribution in [2.75, 3.05) is 13.7 Å². The number of aromatic amines is 1. The molecule has 3 heterocycles.